The second-order valence-electron chi connectivity index (χ2n) is 5.11. The van der Waals surface area contributed by atoms with E-state index in [1.165, 1.54) is 12.8 Å². The molecule has 0 amide bonds. The number of aliphatic hydroxyl groups is 1. The zero-order valence-electron chi connectivity index (χ0n) is 10.0. The lowest BCUT2D eigenvalue weighted by Crippen LogP contribution is -2.42. The summed E-state index contributed by atoms with van der Waals surface area (Å²) in [5.41, 5.74) is 0. The van der Waals surface area contributed by atoms with Crippen molar-refractivity contribution in [3.05, 3.63) is 18.2 Å². The normalized spacial score (nSPS) is 22.4. The van der Waals surface area contributed by atoms with Crippen molar-refractivity contribution >= 4 is 0 Å². The Morgan fingerprint density at radius 1 is 1.47 bits per heavy atom. The van der Waals surface area contributed by atoms with Crippen molar-refractivity contribution in [2.45, 2.75) is 38.1 Å². The highest BCUT2D eigenvalue weighted by molar-refractivity contribution is 4.95. The van der Waals surface area contributed by atoms with Crippen molar-refractivity contribution in [2.24, 2.45) is 0 Å². The van der Waals surface area contributed by atoms with Crippen LogP contribution in [0.2, 0.25) is 0 Å². The Labute approximate surface area is 101 Å². The van der Waals surface area contributed by atoms with Gasteiger partial charge in [-0.1, -0.05) is 0 Å². The third kappa shape index (κ3) is 2.86. The Kier molecular flexibility index (Phi) is 3.13. The van der Waals surface area contributed by atoms with Gasteiger partial charge in [0.25, 0.3) is 0 Å². The van der Waals surface area contributed by atoms with Crippen molar-refractivity contribution in [2.75, 3.05) is 19.6 Å². The van der Waals surface area contributed by atoms with Crippen LogP contribution in [0.25, 0.3) is 0 Å². The van der Waals surface area contributed by atoms with Crippen LogP contribution in [0.3, 0.4) is 0 Å². The van der Waals surface area contributed by atoms with Crippen LogP contribution < -0.4 is 5.32 Å². The maximum absolute atomic E-state index is 9.95. The quantitative estimate of drug-likeness (QED) is 0.744. The zero-order valence-corrected chi connectivity index (χ0v) is 10.0. The van der Waals surface area contributed by atoms with Crippen molar-refractivity contribution in [1.29, 1.82) is 0 Å². The molecule has 1 unspecified atom stereocenters. The molecule has 1 aromatic rings. The van der Waals surface area contributed by atoms with Crippen molar-refractivity contribution < 1.29 is 5.11 Å². The van der Waals surface area contributed by atoms with E-state index >= 15 is 0 Å². The van der Waals surface area contributed by atoms with E-state index in [1.54, 1.807) is 0 Å². The molecule has 1 aromatic heterocycles. The molecule has 5 nitrogen and oxygen atoms in total. The molecule has 0 radical (unpaired) electrons. The van der Waals surface area contributed by atoms with Crippen molar-refractivity contribution in [3.8, 4) is 0 Å². The predicted molar refractivity (Wildman–Crippen MR) is 64.5 cm³/mol. The molecule has 1 atom stereocenters. The summed E-state index contributed by atoms with van der Waals surface area (Å²) in [6.07, 6.45) is 6.15. The SMILES string of the molecule is OC(CNC1CC1)CN1CCn2ccnc2C1. The topological polar surface area (TPSA) is 53.3 Å². The van der Waals surface area contributed by atoms with Gasteiger partial charge < -0.3 is 15.0 Å². The fraction of sp³-hybridized carbons (Fsp3) is 0.750. The number of fused-ring (bicyclic) bond motifs is 1. The fourth-order valence-corrected chi connectivity index (χ4v) is 2.33. The summed E-state index contributed by atoms with van der Waals surface area (Å²) in [6, 6.07) is 0.671. The molecule has 0 spiro atoms. The van der Waals surface area contributed by atoms with E-state index in [2.05, 4.69) is 19.8 Å². The zero-order chi connectivity index (χ0) is 11.7. The van der Waals surface area contributed by atoms with Crippen molar-refractivity contribution in [3.63, 3.8) is 0 Å². The highest BCUT2D eigenvalue weighted by Gasteiger charge is 2.23. The minimum Gasteiger partial charge on any atom is -0.390 e. The summed E-state index contributed by atoms with van der Waals surface area (Å²) < 4.78 is 2.19. The van der Waals surface area contributed by atoms with Gasteiger partial charge in [-0.2, -0.15) is 0 Å². The molecule has 1 saturated carbocycles. The lowest BCUT2D eigenvalue weighted by atomic mass is 10.2. The van der Waals surface area contributed by atoms with E-state index in [0.29, 0.717) is 6.04 Å². The second kappa shape index (κ2) is 4.76. The summed E-state index contributed by atoms with van der Waals surface area (Å²) in [6.45, 7) is 4.30. The third-order valence-corrected chi connectivity index (χ3v) is 3.51. The molecular weight excluding hydrogens is 216 g/mol. The van der Waals surface area contributed by atoms with Gasteiger partial charge in [0.05, 0.1) is 12.6 Å². The first-order chi connectivity index (χ1) is 8.31. The summed E-state index contributed by atoms with van der Waals surface area (Å²) >= 11 is 0. The molecule has 1 aliphatic carbocycles. The first kappa shape index (κ1) is 11.2. The van der Waals surface area contributed by atoms with Crippen LogP contribution in [-0.2, 0) is 13.1 Å². The number of nitrogens with zero attached hydrogens (tertiary/aromatic N) is 3. The van der Waals surface area contributed by atoms with Crippen LogP contribution in [0.4, 0.5) is 0 Å². The van der Waals surface area contributed by atoms with Crippen LogP contribution in [0.1, 0.15) is 18.7 Å². The lowest BCUT2D eigenvalue weighted by molar-refractivity contribution is 0.0950. The van der Waals surface area contributed by atoms with E-state index in [4.69, 9.17) is 0 Å². The molecule has 0 bridgehead atoms. The Hall–Kier alpha value is -0.910. The molecule has 2 N–H and O–H groups in total. The van der Waals surface area contributed by atoms with E-state index in [1.807, 2.05) is 12.4 Å². The minimum atomic E-state index is -0.267. The Morgan fingerprint density at radius 3 is 3.18 bits per heavy atom. The lowest BCUT2D eigenvalue weighted by Gasteiger charge is -2.29. The summed E-state index contributed by atoms with van der Waals surface area (Å²) in [5, 5.41) is 13.3. The van der Waals surface area contributed by atoms with Crippen LogP contribution in [0, 0.1) is 0 Å². The molecule has 2 heterocycles. The van der Waals surface area contributed by atoms with Gasteiger partial charge in [-0.05, 0) is 12.8 Å². The van der Waals surface area contributed by atoms with Crippen LogP contribution in [0.15, 0.2) is 12.4 Å². The van der Waals surface area contributed by atoms with Gasteiger partial charge in [-0.15, -0.1) is 0 Å². The van der Waals surface area contributed by atoms with Crippen molar-refractivity contribution in [1.82, 2.24) is 19.8 Å². The second-order valence-corrected chi connectivity index (χ2v) is 5.11. The number of imidazole rings is 1. The predicted octanol–water partition coefficient (Wildman–Crippen LogP) is -0.188. The molecule has 0 saturated heterocycles. The largest absolute Gasteiger partial charge is 0.390 e. The maximum Gasteiger partial charge on any atom is 0.122 e. The molecule has 94 valence electrons. The number of hydrogen-bond acceptors (Lipinski definition) is 4. The first-order valence-electron chi connectivity index (χ1n) is 6.45. The molecule has 5 heteroatoms. The molecule has 1 aliphatic heterocycles. The van der Waals surface area contributed by atoms with E-state index < -0.39 is 0 Å². The maximum atomic E-state index is 9.95. The third-order valence-electron chi connectivity index (χ3n) is 3.51. The minimum absolute atomic E-state index is 0.267. The van der Waals surface area contributed by atoms with Crippen LogP contribution >= 0.6 is 0 Å². The average molecular weight is 236 g/mol. The van der Waals surface area contributed by atoms with Gasteiger partial charge in [-0.3, -0.25) is 4.90 Å². The smallest absolute Gasteiger partial charge is 0.122 e. The molecular formula is C12H20N4O. The number of aliphatic hydroxyl groups excluding tert-OH is 1. The van der Waals surface area contributed by atoms with Gasteiger partial charge in [0.1, 0.15) is 5.82 Å². The van der Waals surface area contributed by atoms with Gasteiger partial charge in [0.15, 0.2) is 0 Å². The highest BCUT2D eigenvalue weighted by atomic mass is 16.3. The molecule has 0 aromatic carbocycles. The number of rotatable bonds is 5. The number of nitrogens with one attached hydrogen (secondary N) is 1. The van der Waals surface area contributed by atoms with Gasteiger partial charge >= 0.3 is 0 Å². The number of β-amino-alcohol motifs (C(OH)–C–C–N with tert-alkyl or cyclic N) is 1. The summed E-state index contributed by atoms with van der Waals surface area (Å²) in [4.78, 5) is 6.60. The van der Waals surface area contributed by atoms with Gasteiger partial charge in [0, 0.05) is 44.6 Å². The highest BCUT2D eigenvalue weighted by Crippen LogP contribution is 2.18. The van der Waals surface area contributed by atoms with Crippen LogP contribution in [-0.4, -0.2) is 51.3 Å². The first-order valence-corrected chi connectivity index (χ1v) is 6.45. The van der Waals surface area contributed by atoms with E-state index in [0.717, 1.165) is 38.5 Å². The van der Waals surface area contributed by atoms with E-state index in [9.17, 15) is 5.11 Å². The monoisotopic (exact) mass is 236 g/mol. The standard InChI is InChI=1S/C12H20N4O/c17-11(7-14-10-1-2-10)8-15-5-6-16-4-3-13-12(16)9-15/h3-4,10-11,14,17H,1-2,5-9H2. The Bertz CT molecular complexity index is 374. The Morgan fingerprint density at radius 2 is 2.35 bits per heavy atom. The van der Waals surface area contributed by atoms with Crippen LogP contribution in [0.5, 0.6) is 0 Å². The molecule has 17 heavy (non-hydrogen) atoms. The Balaban J connectivity index is 1.46. The van der Waals surface area contributed by atoms with E-state index in [-0.39, 0.29) is 6.10 Å². The van der Waals surface area contributed by atoms with Gasteiger partial charge in [0.2, 0.25) is 0 Å². The molecule has 1 fully saturated rings. The molecule has 3 rings (SSSR count). The summed E-state index contributed by atoms with van der Waals surface area (Å²) in [5.74, 6) is 1.11. The summed E-state index contributed by atoms with van der Waals surface area (Å²) in [7, 11) is 0. The average Bonchev–Trinajstić information content (AvgIpc) is 3.04. The molecule has 2 aliphatic rings. The fourth-order valence-electron chi connectivity index (χ4n) is 2.33. The van der Waals surface area contributed by atoms with Gasteiger partial charge in [-0.25, -0.2) is 4.98 Å². The number of aromatic nitrogens is 2. The number of hydrogen-bond donors (Lipinski definition) is 2.